The van der Waals surface area contributed by atoms with Crippen LogP contribution in [0.25, 0.3) is 0 Å². The average molecular weight is 443 g/mol. The molecule has 0 bridgehead atoms. The van der Waals surface area contributed by atoms with Crippen LogP contribution in [0.4, 0.5) is 0 Å². The number of carbonyl (C=O) groups is 2. The van der Waals surface area contributed by atoms with Crippen LogP contribution in [0, 0.1) is 16.7 Å². The Hall–Kier alpha value is -2.18. The zero-order chi connectivity index (χ0) is 23.4. The summed E-state index contributed by atoms with van der Waals surface area (Å²) in [7, 11) is 0. The molecule has 6 heteroatoms. The normalized spacial score (nSPS) is 31.5. The number of hydrogen-bond acceptors (Lipinski definition) is 6. The predicted molar refractivity (Wildman–Crippen MR) is 119 cm³/mol. The van der Waals surface area contributed by atoms with Crippen molar-refractivity contribution < 1.29 is 28.9 Å². The molecule has 0 amide bonds. The highest BCUT2D eigenvalue weighted by molar-refractivity contribution is 5.96. The maximum absolute atomic E-state index is 13.3. The Morgan fingerprint density at radius 3 is 2.56 bits per heavy atom. The van der Waals surface area contributed by atoms with Gasteiger partial charge in [-0.15, -0.1) is 0 Å². The first-order valence-electron chi connectivity index (χ1n) is 11.5. The van der Waals surface area contributed by atoms with Crippen LogP contribution in [0.3, 0.4) is 0 Å². The zero-order valence-electron chi connectivity index (χ0n) is 19.7. The number of phenols is 1. The summed E-state index contributed by atoms with van der Waals surface area (Å²) in [6.07, 6.45) is 6.51. The molecule has 6 nitrogen and oxygen atoms in total. The van der Waals surface area contributed by atoms with Gasteiger partial charge in [0.25, 0.3) is 0 Å². The topological polar surface area (TPSA) is 82.1 Å². The summed E-state index contributed by atoms with van der Waals surface area (Å²) in [6, 6.07) is 4.71. The number of esters is 1. The second kappa shape index (κ2) is 7.70. The number of ketones is 1. The van der Waals surface area contributed by atoms with E-state index in [9.17, 15) is 14.7 Å². The van der Waals surface area contributed by atoms with Crippen LogP contribution in [-0.2, 0) is 25.4 Å². The van der Waals surface area contributed by atoms with Gasteiger partial charge in [0.15, 0.2) is 11.6 Å². The summed E-state index contributed by atoms with van der Waals surface area (Å²) in [6.45, 7) is 10.6. The number of ether oxygens (including phenoxy) is 3. The highest BCUT2D eigenvalue weighted by Gasteiger charge is 2.64. The largest absolute Gasteiger partial charge is 0.508 e. The van der Waals surface area contributed by atoms with Crippen LogP contribution in [-0.4, -0.2) is 41.5 Å². The molecule has 1 N–H and O–H groups in total. The molecule has 0 radical (unpaired) electrons. The van der Waals surface area contributed by atoms with E-state index >= 15 is 0 Å². The van der Waals surface area contributed by atoms with Crippen molar-refractivity contribution in [1.82, 2.24) is 0 Å². The minimum Gasteiger partial charge on any atom is -0.508 e. The predicted octanol–water partition coefficient (Wildman–Crippen LogP) is 4.58. The third kappa shape index (κ3) is 3.67. The summed E-state index contributed by atoms with van der Waals surface area (Å²) >= 11 is 0. The first-order valence-corrected chi connectivity index (χ1v) is 11.5. The first-order chi connectivity index (χ1) is 14.9. The van der Waals surface area contributed by atoms with Gasteiger partial charge in [0.05, 0.1) is 18.8 Å². The van der Waals surface area contributed by atoms with E-state index in [1.807, 2.05) is 33.8 Å². The third-order valence-electron chi connectivity index (χ3n) is 7.48. The van der Waals surface area contributed by atoms with Crippen molar-refractivity contribution in [2.24, 2.45) is 16.7 Å². The fraction of sp³-hybridized carbons (Fsp3) is 0.615. The molecule has 1 aromatic carbocycles. The second-order valence-electron chi connectivity index (χ2n) is 10.8. The summed E-state index contributed by atoms with van der Waals surface area (Å²) in [5.74, 6) is -1.09. The molecule has 2 aliphatic carbocycles. The molecule has 4 rings (SSSR count). The van der Waals surface area contributed by atoms with E-state index < -0.39 is 28.2 Å². The number of benzene rings is 1. The Labute approximate surface area is 189 Å². The van der Waals surface area contributed by atoms with Gasteiger partial charge in [-0.2, -0.15) is 0 Å². The molecule has 0 aromatic heterocycles. The van der Waals surface area contributed by atoms with Crippen molar-refractivity contribution in [2.75, 3.05) is 13.2 Å². The van der Waals surface area contributed by atoms with E-state index in [0.717, 1.165) is 19.3 Å². The molecule has 3 aliphatic rings. The molecule has 174 valence electrons. The van der Waals surface area contributed by atoms with Gasteiger partial charge in [0.1, 0.15) is 11.4 Å². The number of hydrogen-bond donors (Lipinski definition) is 1. The molecular formula is C26H34O6. The molecule has 1 saturated heterocycles. The lowest BCUT2D eigenvalue weighted by Crippen LogP contribution is -2.60. The van der Waals surface area contributed by atoms with Crippen molar-refractivity contribution >= 4 is 11.8 Å². The molecule has 1 spiro atoms. The van der Waals surface area contributed by atoms with E-state index in [-0.39, 0.29) is 17.5 Å². The SMILES string of the molecule is CC(C)(C)OC(=O)c1ccc(O)c(C[C@@]2(C)C(=O)C=C[C@]3(C)[C@@H]2CCCC32OCCO2)c1. The second-order valence-corrected chi connectivity index (χ2v) is 10.8. The standard InChI is InChI=1S/C26H34O6/c1-23(2,3)32-22(29)17-8-9-19(27)18(15-17)16-24(4)20-7-6-11-26(30-13-14-31-26)25(20,5)12-10-21(24)28/h8-10,12,15,20,27H,6-7,11,13-14,16H2,1-5H3/t20-,24-,25-/m1/s1. The average Bonchev–Trinajstić information content (AvgIpc) is 3.18. The third-order valence-corrected chi connectivity index (χ3v) is 7.48. The monoisotopic (exact) mass is 442 g/mol. The zero-order valence-corrected chi connectivity index (χ0v) is 19.7. The fourth-order valence-corrected chi connectivity index (χ4v) is 5.92. The van der Waals surface area contributed by atoms with Crippen molar-refractivity contribution in [1.29, 1.82) is 0 Å². The minimum atomic E-state index is -0.768. The minimum absolute atomic E-state index is 0.0241. The lowest BCUT2D eigenvalue weighted by atomic mass is 9.50. The molecule has 2 fully saturated rings. The van der Waals surface area contributed by atoms with Crippen LogP contribution in [0.5, 0.6) is 5.75 Å². The van der Waals surface area contributed by atoms with E-state index in [4.69, 9.17) is 14.2 Å². The van der Waals surface area contributed by atoms with Crippen molar-refractivity contribution in [3.8, 4) is 5.75 Å². The van der Waals surface area contributed by atoms with Crippen LogP contribution in [0.2, 0.25) is 0 Å². The van der Waals surface area contributed by atoms with Gasteiger partial charge in [0.2, 0.25) is 0 Å². The molecule has 0 unspecified atom stereocenters. The fourth-order valence-electron chi connectivity index (χ4n) is 5.92. The number of fused-ring (bicyclic) bond motifs is 2. The number of carbonyl (C=O) groups excluding carboxylic acids is 2. The van der Waals surface area contributed by atoms with Gasteiger partial charge in [-0.1, -0.05) is 19.9 Å². The first kappa shape index (κ1) is 23.0. The number of aromatic hydroxyl groups is 1. The molecule has 1 aromatic rings. The highest BCUT2D eigenvalue weighted by atomic mass is 16.7. The van der Waals surface area contributed by atoms with Gasteiger partial charge in [0, 0.05) is 17.3 Å². The summed E-state index contributed by atoms with van der Waals surface area (Å²) in [5.41, 5.74) is -0.917. The summed E-state index contributed by atoms with van der Waals surface area (Å²) in [4.78, 5) is 25.9. The van der Waals surface area contributed by atoms with Crippen LogP contribution in [0.15, 0.2) is 30.4 Å². The molecule has 1 aliphatic heterocycles. The van der Waals surface area contributed by atoms with Crippen molar-refractivity contribution in [3.63, 3.8) is 0 Å². The Balaban J connectivity index is 1.69. The van der Waals surface area contributed by atoms with Gasteiger partial charge in [-0.25, -0.2) is 4.79 Å². The van der Waals surface area contributed by atoms with E-state index in [1.165, 1.54) is 6.07 Å². The molecule has 32 heavy (non-hydrogen) atoms. The quantitative estimate of drug-likeness (QED) is 0.690. The number of rotatable bonds is 3. The molecule has 1 heterocycles. The van der Waals surface area contributed by atoms with E-state index in [1.54, 1.807) is 18.2 Å². The Morgan fingerprint density at radius 2 is 1.91 bits per heavy atom. The maximum Gasteiger partial charge on any atom is 0.338 e. The molecule has 3 atom stereocenters. The van der Waals surface area contributed by atoms with E-state index in [0.29, 0.717) is 30.8 Å². The van der Waals surface area contributed by atoms with Crippen LogP contribution in [0.1, 0.15) is 69.8 Å². The van der Waals surface area contributed by atoms with Crippen molar-refractivity contribution in [2.45, 2.75) is 71.7 Å². The van der Waals surface area contributed by atoms with Gasteiger partial charge < -0.3 is 19.3 Å². The van der Waals surface area contributed by atoms with Gasteiger partial charge in [-0.3, -0.25) is 4.79 Å². The molecular weight excluding hydrogens is 408 g/mol. The Bertz CT molecular complexity index is 952. The van der Waals surface area contributed by atoms with Gasteiger partial charge >= 0.3 is 5.97 Å². The smallest absolute Gasteiger partial charge is 0.338 e. The van der Waals surface area contributed by atoms with Crippen LogP contribution < -0.4 is 0 Å². The lowest BCUT2D eigenvalue weighted by Gasteiger charge is -2.57. The summed E-state index contributed by atoms with van der Waals surface area (Å²) < 4.78 is 17.8. The number of phenolic OH excluding ortho intramolecular Hbond substituents is 1. The lowest BCUT2D eigenvalue weighted by molar-refractivity contribution is -0.263. The van der Waals surface area contributed by atoms with Crippen molar-refractivity contribution in [3.05, 3.63) is 41.5 Å². The van der Waals surface area contributed by atoms with Crippen LogP contribution >= 0.6 is 0 Å². The van der Waals surface area contributed by atoms with E-state index in [2.05, 4.69) is 6.92 Å². The Kier molecular flexibility index (Phi) is 5.53. The maximum atomic E-state index is 13.3. The Morgan fingerprint density at radius 1 is 1.22 bits per heavy atom. The van der Waals surface area contributed by atoms with Gasteiger partial charge in [-0.05, 0) is 75.8 Å². The molecule has 1 saturated carbocycles. The number of allylic oxidation sites excluding steroid dienone is 1. The summed E-state index contributed by atoms with van der Waals surface area (Å²) in [5, 5.41) is 10.6. The highest BCUT2D eigenvalue weighted by Crippen LogP contribution is 2.61.